The first-order valence-corrected chi connectivity index (χ1v) is 10.4. The lowest BCUT2D eigenvalue weighted by Gasteiger charge is -2.18. The molecule has 10 heteroatoms. The van der Waals surface area contributed by atoms with Crippen molar-refractivity contribution in [3.05, 3.63) is 101 Å². The van der Waals surface area contributed by atoms with Crippen molar-refractivity contribution < 1.29 is 35.9 Å². The maximum atomic E-state index is 13.1. The van der Waals surface area contributed by atoms with Crippen molar-refractivity contribution >= 4 is 17.5 Å². The summed E-state index contributed by atoms with van der Waals surface area (Å²) in [5, 5.41) is 4.80. The smallest absolute Gasteiger partial charge is 0.341 e. The van der Waals surface area contributed by atoms with E-state index < -0.39 is 46.9 Å². The van der Waals surface area contributed by atoms with Gasteiger partial charge in [-0.2, -0.15) is 26.3 Å². The van der Waals surface area contributed by atoms with E-state index in [-0.39, 0.29) is 6.07 Å². The van der Waals surface area contributed by atoms with Gasteiger partial charge in [0.1, 0.15) is 6.04 Å². The minimum Gasteiger partial charge on any atom is -0.341 e. The Morgan fingerprint density at radius 2 is 1.34 bits per heavy atom. The summed E-state index contributed by atoms with van der Waals surface area (Å²) >= 11 is 0. The van der Waals surface area contributed by atoms with Crippen LogP contribution in [0.1, 0.15) is 39.5 Å². The van der Waals surface area contributed by atoms with Crippen molar-refractivity contribution in [2.24, 2.45) is 0 Å². The quantitative estimate of drug-likeness (QED) is 0.409. The number of halogens is 6. The molecule has 1 atom stereocenters. The summed E-state index contributed by atoms with van der Waals surface area (Å²) in [7, 11) is 0. The van der Waals surface area contributed by atoms with Gasteiger partial charge in [0.05, 0.1) is 11.1 Å². The SMILES string of the molecule is CC(NC(=O)c1cc(C(F)(F)F)cc(C(F)(F)F)c1)C(=O)Nc1ccccc1Cc1ccccc1. The fraction of sp³-hybridized carbons (Fsp3) is 0.200. The van der Waals surface area contributed by atoms with Crippen LogP contribution < -0.4 is 10.6 Å². The minimum absolute atomic E-state index is 0.0728. The number of hydrogen-bond donors (Lipinski definition) is 2. The molecule has 3 aromatic carbocycles. The highest BCUT2D eigenvalue weighted by atomic mass is 19.4. The number of nitrogens with one attached hydrogen (secondary N) is 2. The number of benzene rings is 3. The largest absolute Gasteiger partial charge is 0.416 e. The molecule has 0 saturated carbocycles. The van der Waals surface area contributed by atoms with Crippen molar-refractivity contribution in [3.8, 4) is 0 Å². The van der Waals surface area contributed by atoms with Gasteiger partial charge in [0, 0.05) is 11.3 Å². The third-order valence-electron chi connectivity index (χ3n) is 5.10. The highest BCUT2D eigenvalue weighted by molar-refractivity contribution is 6.01. The van der Waals surface area contributed by atoms with Crippen molar-refractivity contribution in [2.75, 3.05) is 5.32 Å². The zero-order valence-corrected chi connectivity index (χ0v) is 18.3. The molecule has 1 unspecified atom stereocenters. The number of para-hydroxylation sites is 1. The second-order valence-corrected chi connectivity index (χ2v) is 7.80. The van der Waals surface area contributed by atoms with Gasteiger partial charge in [-0.1, -0.05) is 48.5 Å². The number of amides is 2. The van der Waals surface area contributed by atoms with Crippen molar-refractivity contribution in [1.29, 1.82) is 0 Å². The Morgan fingerprint density at radius 1 is 0.800 bits per heavy atom. The predicted molar refractivity (Wildman–Crippen MR) is 118 cm³/mol. The van der Waals surface area contributed by atoms with E-state index in [4.69, 9.17) is 0 Å². The van der Waals surface area contributed by atoms with Crippen LogP contribution in [-0.2, 0) is 23.6 Å². The van der Waals surface area contributed by atoms with Gasteiger partial charge in [0.25, 0.3) is 5.91 Å². The van der Waals surface area contributed by atoms with Crippen LogP contribution in [0.3, 0.4) is 0 Å². The molecule has 2 amide bonds. The highest BCUT2D eigenvalue weighted by Crippen LogP contribution is 2.36. The molecule has 0 spiro atoms. The van der Waals surface area contributed by atoms with E-state index >= 15 is 0 Å². The number of hydrogen-bond acceptors (Lipinski definition) is 2. The van der Waals surface area contributed by atoms with Crippen LogP contribution in [0.5, 0.6) is 0 Å². The summed E-state index contributed by atoms with van der Waals surface area (Å²) in [6.45, 7) is 1.27. The molecular formula is C25H20F6N2O2. The number of anilines is 1. The van der Waals surface area contributed by atoms with Gasteiger partial charge in [-0.25, -0.2) is 0 Å². The molecule has 0 heterocycles. The molecule has 0 bridgehead atoms. The van der Waals surface area contributed by atoms with Gasteiger partial charge in [0.15, 0.2) is 0 Å². The summed E-state index contributed by atoms with van der Waals surface area (Å²) in [5.41, 5.74) is -1.88. The van der Waals surface area contributed by atoms with Crippen LogP contribution in [0.4, 0.5) is 32.0 Å². The Balaban J connectivity index is 1.76. The van der Waals surface area contributed by atoms with Crippen molar-refractivity contribution in [1.82, 2.24) is 5.32 Å². The van der Waals surface area contributed by atoms with Crippen LogP contribution >= 0.6 is 0 Å². The molecule has 0 radical (unpaired) electrons. The lowest BCUT2D eigenvalue weighted by Crippen LogP contribution is -2.41. The maximum Gasteiger partial charge on any atom is 0.416 e. The van der Waals surface area contributed by atoms with Crippen LogP contribution in [0, 0.1) is 0 Å². The van der Waals surface area contributed by atoms with E-state index in [1.807, 2.05) is 30.3 Å². The van der Waals surface area contributed by atoms with Gasteiger partial charge in [0.2, 0.25) is 5.91 Å². The Morgan fingerprint density at radius 3 is 1.91 bits per heavy atom. The molecule has 0 aromatic heterocycles. The summed E-state index contributed by atoms with van der Waals surface area (Å²) in [6.07, 6.45) is -9.69. The van der Waals surface area contributed by atoms with E-state index in [1.165, 1.54) is 6.92 Å². The molecule has 3 aromatic rings. The third kappa shape index (κ3) is 6.84. The minimum atomic E-state index is -5.10. The van der Waals surface area contributed by atoms with Crippen molar-refractivity contribution in [2.45, 2.75) is 31.7 Å². The van der Waals surface area contributed by atoms with E-state index in [1.54, 1.807) is 24.3 Å². The molecule has 0 fully saturated rings. The molecule has 0 aliphatic carbocycles. The predicted octanol–water partition coefficient (Wildman–Crippen LogP) is 6.07. The van der Waals surface area contributed by atoms with Crippen LogP contribution in [0.15, 0.2) is 72.8 Å². The van der Waals surface area contributed by atoms with Gasteiger partial charge in [-0.15, -0.1) is 0 Å². The lowest BCUT2D eigenvalue weighted by atomic mass is 10.0. The Bertz CT molecular complexity index is 1170. The monoisotopic (exact) mass is 494 g/mol. The van der Waals surface area contributed by atoms with E-state index in [9.17, 15) is 35.9 Å². The fourth-order valence-electron chi connectivity index (χ4n) is 3.28. The normalized spacial score (nSPS) is 12.7. The number of carbonyl (C=O) groups excluding carboxylic acids is 2. The van der Waals surface area contributed by atoms with E-state index in [0.717, 1.165) is 11.1 Å². The first-order valence-electron chi connectivity index (χ1n) is 10.4. The van der Waals surface area contributed by atoms with E-state index in [2.05, 4.69) is 10.6 Å². The van der Waals surface area contributed by atoms with Crippen LogP contribution in [0.25, 0.3) is 0 Å². The Labute approximate surface area is 197 Å². The number of carbonyl (C=O) groups is 2. The fourth-order valence-corrected chi connectivity index (χ4v) is 3.28. The number of rotatable bonds is 6. The van der Waals surface area contributed by atoms with Crippen LogP contribution in [0.2, 0.25) is 0 Å². The second-order valence-electron chi connectivity index (χ2n) is 7.80. The first-order chi connectivity index (χ1) is 16.3. The van der Waals surface area contributed by atoms with Crippen LogP contribution in [-0.4, -0.2) is 17.9 Å². The zero-order valence-electron chi connectivity index (χ0n) is 18.3. The molecule has 2 N–H and O–H groups in total. The Hall–Kier alpha value is -3.82. The average Bonchev–Trinajstić information content (AvgIpc) is 2.79. The highest BCUT2D eigenvalue weighted by Gasteiger charge is 2.37. The maximum absolute atomic E-state index is 13.1. The zero-order chi connectivity index (χ0) is 25.8. The van der Waals surface area contributed by atoms with Gasteiger partial charge in [-0.05, 0) is 48.7 Å². The molecule has 35 heavy (non-hydrogen) atoms. The second kappa shape index (κ2) is 10.2. The summed E-state index contributed by atoms with van der Waals surface area (Å²) in [6, 6.07) is 15.6. The van der Waals surface area contributed by atoms with Gasteiger partial charge >= 0.3 is 12.4 Å². The van der Waals surface area contributed by atoms with Gasteiger partial charge < -0.3 is 10.6 Å². The summed E-state index contributed by atoms with van der Waals surface area (Å²) in [4.78, 5) is 25.1. The molecule has 184 valence electrons. The average molecular weight is 494 g/mol. The third-order valence-corrected chi connectivity index (χ3v) is 5.10. The Kier molecular flexibility index (Phi) is 7.52. The molecule has 0 saturated heterocycles. The van der Waals surface area contributed by atoms with E-state index in [0.29, 0.717) is 24.2 Å². The lowest BCUT2D eigenvalue weighted by molar-refractivity contribution is -0.143. The molecule has 0 aliphatic rings. The first kappa shape index (κ1) is 25.8. The number of alkyl halides is 6. The molecular weight excluding hydrogens is 474 g/mol. The summed E-state index contributed by atoms with van der Waals surface area (Å²) < 4.78 is 78.4. The molecule has 0 aliphatic heterocycles. The summed E-state index contributed by atoms with van der Waals surface area (Å²) in [5.74, 6) is -1.94. The topological polar surface area (TPSA) is 58.2 Å². The molecule has 4 nitrogen and oxygen atoms in total. The standard InChI is InChI=1S/C25H20F6N2O2/c1-15(22(34)33-21-10-6-5-9-17(21)11-16-7-3-2-4-8-16)32-23(35)18-12-19(24(26,27)28)14-20(13-18)25(29,30)31/h2-10,12-15H,11H2,1H3,(H,32,35)(H,33,34). The van der Waals surface area contributed by atoms with Crippen molar-refractivity contribution in [3.63, 3.8) is 0 Å². The molecule has 3 rings (SSSR count). The van der Waals surface area contributed by atoms with Gasteiger partial charge in [-0.3, -0.25) is 9.59 Å².